The Kier molecular flexibility index (Phi) is 4.37. The molecule has 0 aromatic heterocycles. The highest BCUT2D eigenvalue weighted by Crippen LogP contribution is 2.18. The van der Waals surface area contributed by atoms with Crippen LogP contribution in [0.3, 0.4) is 0 Å². The molecule has 0 heterocycles. The average molecular weight is 213 g/mol. The van der Waals surface area contributed by atoms with E-state index >= 15 is 0 Å². The third-order valence-corrected chi connectivity index (χ3v) is 1.64. The SMILES string of the molecule is [N-]=[N+]=NCCCOc1cccc(F)c1F. The number of hydrogen-bond acceptors (Lipinski definition) is 2. The Bertz CT molecular complexity index is 378. The van der Waals surface area contributed by atoms with E-state index in [1.165, 1.54) is 12.1 Å². The van der Waals surface area contributed by atoms with Gasteiger partial charge in [0.25, 0.3) is 0 Å². The fourth-order valence-corrected chi connectivity index (χ4v) is 0.958. The first-order chi connectivity index (χ1) is 7.25. The third-order valence-electron chi connectivity index (χ3n) is 1.64. The molecule has 0 amide bonds. The van der Waals surface area contributed by atoms with Crippen LogP contribution in [0.2, 0.25) is 0 Å². The van der Waals surface area contributed by atoms with Crippen molar-refractivity contribution in [2.45, 2.75) is 6.42 Å². The topological polar surface area (TPSA) is 58.0 Å². The minimum atomic E-state index is -0.999. The van der Waals surface area contributed by atoms with E-state index in [0.717, 1.165) is 6.07 Å². The van der Waals surface area contributed by atoms with Crippen molar-refractivity contribution in [1.29, 1.82) is 0 Å². The smallest absolute Gasteiger partial charge is 0.200 e. The molecular formula is C9H9F2N3O. The maximum atomic E-state index is 13.0. The van der Waals surface area contributed by atoms with Crippen molar-refractivity contribution < 1.29 is 13.5 Å². The predicted molar refractivity (Wildman–Crippen MR) is 50.5 cm³/mol. The zero-order valence-electron chi connectivity index (χ0n) is 7.86. The highest BCUT2D eigenvalue weighted by molar-refractivity contribution is 5.24. The van der Waals surface area contributed by atoms with Gasteiger partial charge in [-0.1, -0.05) is 11.2 Å². The van der Waals surface area contributed by atoms with Crippen molar-refractivity contribution in [3.8, 4) is 5.75 Å². The summed E-state index contributed by atoms with van der Waals surface area (Å²) in [6, 6.07) is 3.72. The first kappa shape index (κ1) is 11.3. The van der Waals surface area contributed by atoms with Gasteiger partial charge in [0.15, 0.2) is 11.6 Å². The van der Waals surface area contributed by atoms with Crippen LogP contribution in [0.15, 0.2) is 23.3 Å². The first-order valence-corrected chi connectivity index (χ1v) is 4.33. The van der Waals surface area contributed by atoms with Crippen molar-refractivity contribution in [2.75, 3.05) is 13.2 Å². The molecule has 15 heavy (non-hydrogen) atoms. The average Bonchev–Trinajstić information content (AvgIpc) is 2.24. The molecule has 0 N–H and O–H groups in total. The molecule has 0 bridgehead atoms. The molecule has 0 saturated carbocycles. The molecule has 0 aliphatic rings. The number of ether oxygens (including phenoxy) is 1. The van der Waals surface area contributed by atoms with Crippen LogP contribution >= 0.6 is 0 Å². The lowest BCUT2D eigenvalue weighted by Gasteiger charge is -2.05. The first-order valence-electron chi connectivity index (χ1n) is 4.33. The molecule has 1 rings (SSSR count). The summed E-state index contributed by atoms with van der Waals surface area (Å²) in [4.78, 5) is 2.55. The van der Waals surface area contributed by atoms with E-state index < -0.39 is 11.6 Å². The van der Waals surface area contributed by atoms with Crippen LogP contribution in [0, 0.1) is 11.6 Å². The number of hydrogen-bond donors (Lipinski definition) is 0. The lowest BCUT2D eigenvalue weighted by Crippen LogP contribution is -2.01. The number of halogens is 2. The van der Waals surface area contributed by atoms with Gasteiger partial charge in [-0.15, -0.1) is 0 Å². The highest BCUT2D eigenvalue weighted by atomic mass is 19.2. The molecule has 0 saturated heterocycles. The van der Waals surface area contributed by atoms with Gasteiger partial charge in [0.1, 0.15) is 0 Å². The molecule has 1 aromatic rings. The summed E-state index contributed by atoms with van der Waals surface area (Å²) >= 11 is 0. The second kappa shape index (κ2) is 5.82. The molecule has 0 spiro atoms. The van der Waals surface area contributed by atoms with Crippen molar-refractivity contribution in [1.82, 2.24) is 0 Å². The van der Waals surface area contributed by atoms with Gasteiger partial charge in [0.2, 0.25) is 5.82 Å². The second-order valence-corrected chi connectivity index (χ2v) is 2.71. The maximum Gasteiger partial charge on any atom is 0.200 e. The third kappa shape index (κ3) is 3.44. The minimum absolute atomic E-state index is 0.129. The van der Waals surface area contributed by atoms with Gasteiger partial charge in [0.05, 0.1) is 6.61 Å². The molecule has 0 aliphatic heterocycles. The summed E-state index contributed by atoms with van der Waals surface area (Å²) in [5.74, 6) is -2.07. The van der Waals surface area contributed by atoms with E-state index in [9.17, 15) is 8.78 Å². The summed E-state index contributed by atoms with van der Waals surface area (Å²) < 4.78 is 30.6. The zero-order valence-corrected chi connectivity index (χ0v) is 7.86. The standard InChI is InChI=1S/C9H9F2N3O/c10-7-3-1-4-8(9(7)11)15-6-2-5-13-14-12/h1,3-4H,2,5-6H2. The van der Waals surface area contributed by atoms with E-state index in [4.69, 9.17) is 10.3 Å². The monoisotopic (exact) mass is 213 g/mol. The number of nitrogens with zero attached hydrogens (tertiary/aromatic N) is 3. The van der Waals surface area contributed by atoms with Crippen LogP contribution in [0.5, 0.6) is 5.75 Å². The maximum absolute atomic E-state index is 13.0. The van der Waals surface area contributed by atoms with E-state index in [0.29, 0.717) is 6.42 Å². The molecular weight excluding hydrogens is 204 g/mol. The molecule has 80 valence electrons. The lowest BCUT2D eigenvalue weighted by molar-refractivity contribution is 0.292. The summed E-state index contributed by atoms with van der Waals surface area (Å²) in [7, 11) is 0. The fraction of sp³-hybridized carbons (Fsp3) is 0.333. The fourth-order valence-electron chi connectivity index (χ4n) is 0.958. The normalized spacial score (nSPS) is 9.47. The number of rotatable bonds is 5. The molecule has 6 heteroatoms. The highest BCUT2D eigenvalue weighted by Gasteiger charge is 2.07. The lowest BCUT2D eigenvalue weighted by atomic mass is 10.3. The van der Waals surface area contributed by atoms with Crippen LogP contribution in [0.25, 0.3) is 10.4 Å². The van der Waals surface area contributed by atoms with E-state index in [1.807, 2.05) is 0 Å². The Morgan fingerprint density at radius 1 is 1.40 bits per heavy atom. The van der Waals surface area contributed by atoms with Crippen LogP contribution in [-0.2, 0) is 0 Å². The van der Waals surface area contributed by atoms with Crippen molar-refractivity contribution in [2.24, 2.45) is 5.11 Å². The van der Waals surface area contributed by atoms with Gasteiger partial charge in [-0.05, 0) is 24.1 Å². The predicted octanol–water partition coefficient (Wildman–Crippen LogP) is 3.04. The molecule has 1 aromatic carbocycles. The summed E-state index contributed by atoms with van der Waals surface area (Å²) in [5.41, 5.74) is 7.97. The van der Waals surface area contributed by atoms with E-state index in [-0.39, 0.29) is 18.9 Å². The summed E-state index contributed by atoms with van der Waals surface area (Å²) in [5, 5.41) is 3.28. The van der Waals surface area contributed by atoms with Gasteiger partial charge in [0, 0.05) is 11.5 Å². The van der Waals surface area contributed by atoms with Crippen LogP contribution in [0.4, 0.5) is 8.78 Å². The van der Waals surface area contributed by atoms with Crippen molar-refractivity contribution >= 4 is 0 Å². The van der Waals surface area contributed by atoms with Gasteiger partial charge in [-0.2, -0.15) is 4.39 Å². The van der Waals surface area contributed by atoms with Crippen LogP contribution in [0.1, 0.15) is 6.42 Å². The molecule has 0 unspecified atom stereocenters. The Morgan fingerprint density at radius 3 is 2.93 bits per heavy atom. The Balaban J connectivity index is 2.44. The quantitative estimate of drug-likeness (QED) is 0.321. The van der Waals surface area contributed by atoms with Crippen LogP contribution in [-0.4, -0.2) is 13.2 Å². The molecule has 0 fully saturated rings. The van der Waals surface area contributed by atoms with Crippen molar-refractivity contribution in [3.63, 3.8) is 0 Å². The minimum Gasteiger partial charge on any atom is -0.490 e. The van der Waals surface area contributed by atoms with E-state index in [1.54, 1.807) is 0 Å². The Labute approximate surface area is 85.1 Å². The van der Waals surface area contributed by atoms with E-state index in [2.05, 4.69) is 10.0 Å². The summed E-state index contributed by atoms with van der Waals surface area (Å²) in [6.45, 7) is 0.451. The molecule has 0 aliphatic carbocycles. The zero-order chi connectivity index (χ0) is 11.1. The Morgan fingerprint density at radius 2 is 2.20 bits per heavy atom. The molecule has 0 radical (unpaired) electrons. The van der Waals surface area contributed by atoms with Gasteiger partial charge < -0.3 is 4.74 Å². The second-order valence-electron chi connectivity index (χ2n) is 2.71. The number of benzene rings is 1. The van der Waals surface area contributed by atoms with Gasteiger partial charge >= 0.3 is 0 Å². The van der Waals surface area contributed by atoms with Crippen LogP contribution < -0.4 is 4.74 Å². The molecule has 4 nitrogen and oxygen atoms in total. The van der Waals surface area contributed by atoms with Gasteiger partial charge in [-0.25, -0.2) is 4.39 Å². The summed E-state index contributed by atoms with van der Waals surface area (Å²) in [6.07, 6.45) is 0.458. The number of azide groups is 1. The Hall–Kier alpha value is -1.81. The largest absolute Gasteiger partial charge is 0.490 e. The molecule has 0 atom stereocenters. The van der Waals surface area contributed by atoms with Gasteiger partial charge in [-0.3, -0.25) is 0 Å². The van der Waals surface area contributed by atoms with Crippen molar-refractivity contribution in [3.05, 3.63) is 40.3 Å².